The van der Waals surface area contributed by atoms with Crippen molar-refractivity contribution in [3.63, 3.8) is 0 Å². The number of carboxylic acid groups (broad SMARTS) is 1. The van der Waals surface area contributed by atoms with Gasteiger partial charge in [0.1, 0.15) is 5.75 Å². The number of carbonyl (C=O) groups excluding carboxylic acids is 1. The molecule has 1 atom stereocenters. The zero-order valence-corrected chi connectivity index (χ0v) is 15.3. The second-order valence-corrected chi connectivity index (χ2v) is 8.55. The largest absolute Gasteiger partial charge is 0.494 e. The number of hydrogen-bond donors (Lipinski definition) is 2. The van der Waals surface area contributed by atoms with Crippen LogP contribution in [0.2, 0.25) is 0 Å². The van der Waals surface area contributed by atoms with Crippen LogP contribution in [0.3, 0.4) is 0 Å². The summed E-state index contributed by atoms with van der Waals surface area (Å²) in [5, 5.41) is 12.2. The molecule has 8 nitrogen and oxygen atoms in total. The Morgan fingerprint density at radius 2 is 1.92 bits per heavy atom. The van der Waals surface area contributed by atoms with Gasteiger partial charge in [-0.15, -0.1) is 0 Å². The minimum Gasteiger partial charge on any atom is -0.494 e. The third-order valence-electron chi connectivity index (χ3n) is 5.13. The lowest BCUT2D eigenvalue weighted by atomic mass is 9.78. The SMILES string of the molecule is CCOc1ccc(S(=O)(=O)N2CCC3(CC2)NC(=O)C[C@@H]3C(=O)O)cc1. The lowest BCUT2D eigenvalue weighted by Crippen LogP contribution is -2.56. The van der Waals surface area contributed by atoms with Crippen molar-refractivity contribution in [1.29, 1.82) is 0 Å². The fourth-order valence-corrected chi connectivity index (χ4v) is 5.18. The summed E-state index contributed by atoms with van der Waals surface area (Å²) in [4.78, 5) is 23.3. The van der Waals surface area contributed by atoms with E-state index < -0.39 is 27.4 Å². The Bertz CT molecular complexity index is 797. The molecule has 1 spiro atoms. The van der Waals surface area contributed by atoms with E-state index in [0.29, 0.717) is 12.4 Å². The quantitative estimate of drug-likeness (QED) is 0.780. The first-order valence-corrected chi connectivity index (χ1v) is 9.99. The zero-order valence-electron chi connectivity index (χ0n) is 14.5. The Hall–Kier alpha value is -2.13. The number of sulfonamides is 1. The first-order valence-electron chi connectivity index (χ1n) is 8.55. The molecular weight excluding hydrogens is 360 g/mol. The number of amides is 1. The van der Waals surface area contributed by atoms with Crippen LogP contribution < -0.4 is 10.1 Å². The molecule has 142 valence electrons. The highest BCUT2D eigenvalue weighted by Crippen LogP contribution is 2.38. The molecule has 2 saturated heterocycles. The molecule has 3 rings (SSSR count). The van der Waals surface area contributed by atoms with Gasteiger partial charge in [0.2, 0.25) is 15.9 Å². The smallest absolute Gasteiger partial charge is 0.309 e. The summed E-state index contributed by atoms with van der Waals surface area (Å²) in [5.74, 6) is -1.53. The Morgan fingerprint density at radius 3 is 2.46 bits per heavy atom. The normalized spacial score (nSPS) is 23.0. The molecule has 2 N–H and O–H groups in total. The number of nitrogens with one attached hydrogen (secondary N) is 1. The van der Waals surface area contributed by atoms with Crippen molar-refractivity contribution in [2.45, 2.75) is 36.6 Å². The van der Waals surface area contributed by atoms with E-state index in [0.717, 1.165) is 0 Å². The van der Waals surface area contributed by atoms with Gasteiger partial charge in [0, 0.05) is 19.5 Å². The van der Waals surface area contributed by atoms with E-state index >= 15 is 0 Å². The zero-order chi connectivity index (χ0) is 18.9. The summed E-state index contributed by atoms with van der Waals surface area (Å²) in [5.41, 5.74) is -0.853. The van der Waals surface area contributed by atoms with E-state index in [9.17, 15) is 23.1 Å². The van der Waals surface area contributed by atoms with Crippen molar-refractivity contribution in [3.8, 4) is 5.75 Å². The second kappa shape index (κ2) is 6.88. The van der Waals surface area contributed by atoms with Crippen molar-refractivity contribution in [1.82, 2.24) is 9.62 Å². The fourth-order valence-electron chi connectivity index (χ4n) is 3.74. The predicted octanol–water partition coefficient (Wildman–Crippen LogP) is 0.829. The average Bonchev–Trinajstić information content (AvgIpc) is 2.92. The first-order chi connectivity index (χ1) is 12.3. The number of carboxylic acids is 1. The van der Waals surface area contributed by atoms with E-state index in [1.54, 1.807) is 12.1 Å². The van der Waals surface area contributed by atoms with E-state index in [1.165, 1.54) is 16.4 Å². The summed E-state index contributed by atoms with van der Waals surface area (Å²) in [6.45, 7) is 2.68. The number of hydrogen-bond acceptors (Lipinski definition) is 5. The Kier molecular flexibility index (Phi) is 4.94. The van der Waals surface area contributed by atoms with E-state index in [-0.39, 0.29) is 43.2 Å². The van der Waals surface area contributed by atoms with E-state index in [2.05, 4.69) is 5.32 Å². The Morgan fingerprint density at radius 1 is 1.31 bits per heavy atom. The number of carbonyl (C=O) groups is 2. The van der Waals surface area contributed by atoms with E-state index in [1.807, 2.05) is 6.92 Å². The molecule has 2 fully saturated rings. The highest BCUT2D eigenvalue weighted by atomic mass is 32.2. The van der Waals surface area contributed by atoms with Crippen LogP contribution in [0.25, 0.3) is 0 Å². The molecule has 9 heteroatoms. The molecule has 0 unspecified atom stereocenters. The topological polar surface area (TPSA) is 113 Å². The maximum absolute atomic E-state index is 12.8. The van der Waals surface area contributed by atoms with E-state index in [4.69, 9.17) is 4.74 Å². The van der Waals surface area contributed by atoms with Gasteiger partial charge in [-0.1, -0.05) is 0 Å². The molecule has 0 saturated carbocycles. The standard InChI is InChI=1S/C17H22N2O6S/c1-2-25-12-3-5-13(6-4-12)26(23,24)19-9-7-17(8-10-19)14(16(21)22)11-15(20)18-17/h3-6,14H,2,7-11H2,1H3,(H,18,20)(H,21,22)/t14-/m1/s1. The minimum atomic E-state index is -3.67. The van der Waals surface area contributed by atoms with Gasteiger partial charge in [-0.2, -0.15) is 4.31 Å². The molecule has 26 heavy (non-hydrogen) atoms. The third-order valence-corrected chi connectivity index (χ3v) is 7.04. The van der Waals surface area contributed by atoms with Crippen LogP contribution in [0.4, 0.5) is 0 Å². The highest BCUT2D eigenvalue weighted by molar-refractivity contribution is 7.89. The molecule has 2 aliphatic heterocycles. The molecular formula is C17H22N2O6S. The van der Waals surface area contributed by atoms with Gasteiger partial charge in [0.15, 0.2) is 0 Å². The van der Waals surface area contributed by atoms with Crippen molar-refractivity contribution >= 4 is 21.9 Å². The summed E-state index contributed by atoms with van der Waals surface area (Å²) < 4.78 is 32.3. The molecule has 1 aromatic rings. The lowest BCUT2D eigenvalue weighted by Gasteiger charge is -2.40. The summed E-state index contributed by atoms with van der Waals surface area (Å²) in [6, 6.07) is 6.23. The fraction of sp³-hybridized carbons (Fsp3) is 0.529. The van der Waals surface area contributed by atoms with Crippen LogP contribution in [-0.2, 0) is 19.6 Å². The van der Waals surface area contributed by atoms with Gasteiger partial charge in [-0.05, 0) is 44.0 Å². The van der Waals surface area contributed by atoms with Gasteiger partial charge in [0.25, 0.3) is 0 Å². The Labute approximate surface area is 152 Å². The average molecular weight is 382 g/mol. The number of piperidine rings is 1. The molecule has 2 aliphatic rings. The van der Waals surface area contributed by atoms with Gasteiger partial charge >= 0.3 is 5.97 Å². The van der Waals surface area contributed by atoms with Crippen LogP contribution in [0.1, 0.15) is 26.2 Å². The monoisotopic (exact) mass is 382 g/mol. The molecule has 2 heterocycles. The van der Waals surface area contributed by atoms with Crippen LogP contribution in [0.5, 0.6) is 5.75 Å². The predicted molar refractivity (Wildman–Crippen MR) is 92.2 cm³/mol. The molecule has 0 bridgehead atoms. The molecule has 1 aromatic carbocycles. The Balaban J connectivity index is 1.74. The number of nitrogens with zero attached hydrogens (tertiary/aromatic N) is 1. The maximum atomic E-state index is 12.8. The first kappa shape index (κ1) is 18.7. The van der Waals surface area contributed by atoms with Crippen LogP contribution >= 0.6 is 0 Å². The van der Waals surface area contributed by atoms with Gasteiger partial charge in [0.05, 0.1) is 23.0 Å². The second-order valence-electron chi connectivity index (χ2n) is 6.61. The molecule has 1 amide bonds. The van der Waals surface area contributed by atoms with Crippen molar-refractivity contribution < 1.29 is 27.9 Å². The van der Waals surface area contributed by atoms with Crippen LogP contribution in [0, 0.1) is 5.92 Å². The molecule has 0 radical (unpaired) electrons. The molecule has 0 aliphatic carbocycles. The van der Waals surface area contributed by atoms with Crippen molar-refractivity contribution in [3.05, 3.63) is 24.3 Å². The van der Waals surface area contributed by atoms with Gasteiger partial charge in [-0.3, -0.25) is 9.59 Å². The van der Waals surface area contributed by atoms with Crippen molar-refractivity contribution in [2.24, 2.45) is 5.92 Å². The molecule has 0 aromatic heterocycles. The minimum absolute atomic E-state index is 0.0546. The summed E-state index contributed by atoms with van der Waals surface area (Å²) in [6.07, 6.45) is 0.513. The van der Waals surface area contributed by atoms with Crippen LogP contribution in [-0.4, -0.2) is 54.9 Å². The van der Waals surface area contributed by atoms with Gasteiger partial charge in [-0.25, -0.2) is 8.42 Å². The number of rotatable bonds is 5. The number of ether oxygens (including phenoxy) is 1. The highest BCUT2D eigenvalue weighted by Gasteiger charge is 2.52. The number of aliphatic carboxylic acids is 1. The van der Waals surface area contributed by atoms with Crippen molar-refractivity contribution in [2.75, 3.05) is 19.7 Å². The third kappa shape index (κ3) is 3.28. The number of benzene rings is 1. The van der Waals surface area contributed by atoms with Gasteiger partial charge < -0.3 is 15.2 Å². The maximum Gasteiger partial charge on any atom is 0.309 e. The lowest BCUT2D eigenvalue weighted by molar-refractivity contribution is -0.144. The van der Waals surface area contributed by atoms with Crippen LogP contribution in [0.15, 0.2) is 29.2 Å². The summed E-state index contributed by atoms with van der Waals surface area (Å²) in [7, 11) is -3.67. The summed E-state index contributed by atoms with van der Waals surface area (Å²) >= 11 is 0.